The number of nitrogens with two attached hydrogens (primary N) is 1. The van der Waals surface area contributed by atoms with Gasteiger partial charge in [-0.1, -0.05) is 53.7 Å². The number of carbonyl (C=O) groups is 1. The van der Waals surface area contributed by atoms with Crippen molar-refractivity contribution in [1.82, 2.24) is 15.0 Å². The first kappa shape index (κ1) is 24.0. The van der Waals surface area contributed by atoms with Crippen molar-refractivity contribution in [3.8, 4) is 11.1 Å². The first-order chi connectivity index (χ1) is 16.8. The maximum atomic E-state index is 12.7. The number of hydrogen-bond acceptors (Lipinski definition) is 4. The summed E-state index contributed by atoms with van der Waals surface area (Å²) in [6.45, 7) is 0.466. The fourth-order valence-corrected chi connectivity index (χ4v) is 3.60. The predicted octanol–water partition coefficient (Wildman–Crippen LogP) is 5.36. The number of alkyl halides is 3. The Labute approximate surface area is 200 Å². The van der Waals surface area contributed by atoms with Crippen LogP contribution >= 0.6 is 0 Å². The van der Waals surface area contributed by atoms with Gasteiger partial charge in [0.05, 0.1) is 22.6 Å². The lowest BCUT2D eigenvalue weighted by Gasteiger charge is -2.10. The first-order valence-electron chi connectivity index (χ1n) is 11.1. The first-order valence-corrected chi connectivity index (χ1v) is 11.1. The molecule has 0 aliphatic heterocycles. The van der Waals surface area contributed by atoms with Crippen LogP contribution in [0.2, 0.25) is 0 Å². The minimum Gasteiger partial charge on any atom is -0.397 e. The molecular formula is C26H24F3N5O. The van der Waals surface area contributed by atoms with E-state index in [1.54, 1.807) is 16.9 Å². The molecule has 35 heavy (non-hydrogen) atoms. The molecule has 3 N–H and O–H groups in total. The zero-order valence-corrected chi connectivity index (χ0v) is 18.8. The number of benzene rings is 3. The third-order valence-corrected chi connectivity index (χ3v) is 5.54. The summed E-state index contributed by atoms with van der Waals surface area (Å²) in [6, 6.07) is 20.4. The van der Waals surface area contributed by atoms with Crippen molar-refractivity contribution in [2.75, 3.05) is 11.1 Å². The summed E-state index contributed by atoms with van der Waals surface area (Å²) in [4.78, 5) is 12.5. The van der Waals surface area contributed by atoms with Crippen molar-refractivity contribution in [3.63, 3.8) is 0 Å². The Hall–Kier alpha value is -4.14. The number of aromatic nitrogens is 3. The summed E-state index contributed by atoms with van der Waals surface area (Å²) < 4.78 is 39.6. The molecule has 0 saturated heterocycles. The Kier molecular flexibility index (Phi) is 7.14. The molecular weight excluding hydrogens is 455 g/mol. The average Bonchev–Trinajstić information content (AvgIpc) is 3.31. The van der Waals surface area contributed by atoms with Gasteiger partial charge in [0, 0.05) is 25.6 Å². The molecule has 0 spiro atoms. The zero-order chi connectivity index (χ0) is 24.8. The molecule has 180 valence electrons. The van der Waals surface area contributed by atoms with Gasteiger partial charge in [0.25, 0.3) is 0 Å². The van der Waals surface area contributed by atoms with Crippen molar-refractivity contribution in [1.29, 1.82) is 0 Å². The highest BCUT2D eigenvalue weighted by atomic mass is 19.4. The molecule has 6 nitrogen and oxygen atoms in total. The van der Waals surface area contributed by atoms with Gasteiger partial charge in [0.15, 0.2) is 0 Å². The van der Waals surface area contributed by atoms with Gasteiger partial charge in [-0.25, -0.2) is 0 Å². The third kappa shape index (κ3) is 6.47. The highest BCUT2D eigenvalue weighted by molar-refractivity contribution is 5.95. The Balaban J connectivity index is 1.28. The van der Waals surface area contributed by atoms with Gasteiger partial charge >= 0.3 is 6.18 Å². The highest BCUT2D eigenvalue weighted by Crippen LogP contribution is 2.29. The van der Waals surface area contributed by atoms with E-state index in [1.165, 1.54) is 12.1 Å². The minimum atomic E-state index is -4.35. The van der Waals surface area contributed by atoms with Gasteiger partial charge in [-0.2, -0.15) is 13.2 Å². The van der Waals surface area contributed by atoms with Crippen LogP contribution in [-0.4, -0.2) is 20.9 Å². The summed E-state index contributed by atoms with van der Waals surface area (Å²) in [7, 11) is 0. The Morgan fingerprint density at radius 2 is 1.69 bits per heavy atom. The maximum Gasteiger partial charge on any atom is 0.416 e. The number of aryl methyl sites for hydroxylation is 3. The van der Waals surface area contributed by atoms with Crippen molar-refractivity contribution in [3.05, 3.63) is 95.8 Å². The summed E-state index contributed by atoms with van der Waals surface area (Å²) in [5.41, 5.74) is 9.80. The topological polar surface area (TPSA) is 85.8 Å². The van der Waals surface area contributed by atoms with Crippen LogP contribution < -0.4 is 11.1 Å². The molecule has 0 unspecified atom stereocenters. The van der Waals surface area contributed by atoms with Crippen LogP contribution in [0.5, 0.6) is 0 Å². The van der Waals surface area contributed by atoms with Gasteiger partial charge in [0.1, 0.15) is 0 Å². The van der Waals surface area contributed by atoms with Gasteiger partial charge in [-0.3, -0.25) is 9.48 Å². The van der Waals surface area contributed by atoms with E-state index < -0.39 is 11.7 Å². The van der Waals surface area contributed by atoms with Crippen molar-refractivity contribution in [2.24, 2.45) is 0 Å². The number of nitrogens with one attached hydrogen (secondary N) is 1. The van der Waals surface area contributed by atoms with Crippen molar-refractivity contribution >= 4 is 17.3 Å². The van der Waals surface area contributed by atoms with E-state index in [0.29, 0.717) is 36.5 Å². The van der Waals surface area contributed by atoms with E-state index >= 15 is 0 Å². The molecule has 0 fully saturated rings. The number of halogens is 3. The van der Waals surface area contributed by atoms with Crippen LogP contribution in [0.25, 0.3) is 11.1 Å². The van der Waals surface area contributed by atoms with E-state index in [9.17, 15) is 18.0 Å². The standard InChI is InChI=1S/C26H24F3N5O/c27-26(28,29)21-9-6-18(7-10-21)14-15-34-17-22(32-33-34)11-13-25(35)31-24-16-20(8-12-23(24)30)19-4-2-1-3-5-19/h1-10,12,16-17H,11,13-15,30H2,(H,31,35). The lowest BCUT2D eigenvalue weighted by Crippen LogP contribution is -2.13. The number of nitrogens with zero attached hydrogens (tertiary/aromatic N) is 3. The van der Waals surface area contributed by atoms with Crippen LogP contribution in [0, 0.1) is 0 Å². The number of amides is 1. The zero-order valence-electron chi connectivity index (χ0n) is 18.8. The maximum absolute atomic E-state index is 12.7. The highest BCUT2D eigenvalue weighted by Gasteiger charge is 2.29. The van der Waals surface area contributed by atoms with Crippen molar-refractivity contribution in [2.45, 2.75) is 32.0 Å². The van der Waals surface area contributed by atoms with Crippen molar-refractivity contribution < 1.29 is 18.0 Å². The molecule has 3 aromatic carbocycles. The van der Waals surface area contributed by atoms with E-state index in [1.807, 2.05) is 42.5 Å². The molecule has 0 bridgehead atoms. The lowest BCUT2D eigenvalue weighted by molar-refractivity contribution is -0.137. The quantitative estimate of drug-likeness (QED) is 0.333. The molecule has 1 aromatic heterocycles. The van der Waals surface area contributed by atoms with Crippen LogP contribution in [0.1, 0.15) is 23.2 Å². The van der Waals surface area contributed by atoms with Crippen LogP contribution in [0.4, 0.5) is 24.5 Å². The van der Waals surface area contributed by atoms with Gasteiger partial charge in [-0.05, 0) is 47.4 Å². The number of hydrogen-bond donors (Lipinski definition) is 2. The monoisotopic (exact) mass is 479 g/mol. The Morgan fingerprint density at radius 3 is 2.40 bits per heavy atom. The fraction of sp³-hybridized carbons (Fsp3) is 0.192. The van der Waals surface area contributed by atoms with Crippen LogP contribution in [-0.2, 0) is 30.4 Å². The molecule has 4 rings (SSSR count). The van der Waals surface area contributed by atoms with Crippen LogP contribution in [0.15, 0.2) is 79.0 Å². The summed E-state index contributed by atoms with van der Waals surface area (Å²) >= 11 is 0. The molecule has 4 aromatic rings. The normalized spacial score (nSPS) is 11.4. The summed E-state index contributed by atoms with van der Waals surface area (Å²) in [6.07, 6.45) is -1.50. The van der Waals surface area contributed by atoms with E-state index in [2.05, 4.69) is 15.6 Å². The van der Waals surface area contributed by atoms with Gasteiger partial charge in [-0.15, -0.1) is 5.10 Å². The van der Waals surface area contributed by atoms with Crippen LogP contribution in [0.3, 0.4) is 0 Å². The average molecular weight is 480 g/mol. The largest absolute Gasteiger partial charge is 0.416 e. The number of anilines is 2. The van der Waals surface area contributed by atoms with E-state index in [0.717, 1.165) is 28.8 Å². The Morgan fingerprint density at radius 1 is 0.943 bits per heavy atom. The summed E-state index contributed by atoms with van der Waals surface area (Å²) in [5, 5.41) is 11.0. The molecule has 0 atom stereocenters. The second-order valence-electron chi connectivity index (χ2n) is 8.13. The number of carbonyl (C=O) groups excluding carboxylic acids is 1. The molecule has 0 radical (unpaired) electrons. The Bertz CT molecular complexity index is 1280. The summed E-state index contributed by atoms with van der Waals surface area (Å²) in [5.74, 6) is -0.193. The molecule has 0 aliphatic carbocycles. The smallest absolute Gasteiger partial charge is 0.397 e. The number of rotatable bonds is 8. The SMILES string of the molecule is Nc1ccc(-c2ccccc2)cc1NC(=O)CCc1cn(CCc2ccc(C(F)(F)F)cc2)nn1. The van der Waals surface area contributed by atoms with E-state index in [4.69, 9.17) is 5.73 Å². The molecule has 0 saturated carbocycles. The lowest BCUT2D eigenvalue weighted by atomic mass is 10.0. The van der Waals surface area contributed by atoms with Gasteiger partial charge in [0.2, 0.25) is 5.91 Å². The fourth-order valence-electron chi connectivity index (χ4n) is 3.60. The second-order valence-corrected chi connectivity index (χ2v) is 8.13. The minimum absolute atomic E-state index is 0.193. The number of nitrogen functional groups attached to an aromatic ring is 1. The molecule has 1 heterocycles. The predicted molar refractivity (Wildman–Crippen MR) is 128 cm³/mol. The molecule has 0 aliphatic rings. The van der Waals surface area contributed by atoms with E-state index in [-0.39, 0.29) is 12.3 Å². The second kappa shape index (κ2) is 10.4. The molecule has 1 amide bonds. The van der Waals surface area contributed by atoms with Gasteiger partial charge < -0.3 is 11.1 Å². The third-order valence-electron chi connectivity index (χ3n) is 5.54. The molecule has 9 heteroatoms.